The Morgan fingerprint density at radius 3 is 2.60 bits per heavy atom. The lowest BCUT2D eigenvalue weighted by molar-refractivity contribution is -0.131. The van der Waals surface area contributed by atoms with Crippen LogP contribution in [0.25, 0.3) is 0 Å². The fourth-order valence-electron chi connectivity index (χ4n) is 2.40. The van der Waals surface area contributed by atoms with Crippen molar-refractivity contribution in [3.63, 3.8) is 0 Å². The Kier molecular flexibility index (Phi) is 4.39. The number of hydrogen-bond donors (Lipinski definition) is 2. The molecule has 1 saturated heterocycles. The maximum atomic E-state index is 12.5. The van der Waals surface area contributed by atoms with Gasteiger partial charge < -0.3 is 20.3 Å². The highest BCUT2D eigenvalue weighted by atomic mass is 32.1. The highest BCUT2D eigenvalue weighted by Crippen LogP contribution is 2.31. The van der Waals surface area contributed by atoms with Crippen molar-refractivity contribution in [2.45, 2.75) is 33.2 Å². The fourth-order valence-corrected chi connectivity index (χ4v) is 2.69. The van der Waals surface area contributed by atoms with Crippen molar-refractivity contribution in [1.29, 1.82) is 0 Å². The Hall–Kier alpha value is -1.47. The molecule has 2 rings (SSSR count). The Labute approximate surface area is 123 Å². The average Bonchev–Trinajstić information content (AvgIpc) is 2.76. The normalized spacial score (nSPS) is 17.7. The van der Waals surface area contributed by atoms with Gasteiger partial charge in [0, 0.05) is 25.3 Å². The standard InChI is InChI=1S/C13H19N3O3S/c1-8-10(9(2)19-16-8)7-15-12(17)13(11(14)20)3-5-18-6-4-13/h3-7H2,1-2H3,(H2,14,20)(H,15,17). The van der Waals surface area contributed by atoms with Gasteiger partial charge in [-0.2, -0.15) is 0 Å². The number of thiocarbonyl (C=S) groups is 1. The number of carbonyl (C=O) groups is 1. The first-order valence-electron chi connectivity index (χ1n) is 6.55. The molecule has 1 aromatic rings. The first kappa shape index (κ1) is 14.9. The van der Waals surface area contributed by atoms with Crippen molar-refractivity contribution in [2.75, 3.05) is 13.2 Å². The van der Waals surface area contributed by atoms with Gasteiger partial charge in [0.15, 0.2) is 0 Å². The number of amides is 1. The first-order valence-corrected chi connectivity index (χ1v) is 6.96. The van der Waals surface area contributed by atoms with Gasteiger partial charge >= 0.3 is 0 Å². The monoisotopic (exact) mass is 297 g/mol. The molecule has 0 unspecified atom stereocenters. The zero-order valence-electron chi connectivity index (χ0n) is 11.7. The van der Waals surface area contributed by atoms with E-state index in [1.807, 2.05) is 13.8 Å². The van der Waals surface area contributed by atoms with Crippen molar-refractivity contribution in [3.05, 3.63) is 17.0 Å². The largest absolute Gasteiger partial charge is 0.392 e. The number of nitrogens with zero attached hydrogens (tertiary/aromatic N) is 1. The van der Waals surface area contributed by atoms with E-state index in [1.165, 1.54) is 0 Å². The van der Waals surface area contributed by atoms with Crippen LogP contribution in [0.3, 0.4) is 0 Å². The van der Waals surface area contributed by atoms with Crippen LogP contribution < -0.4 is 11.1 Å². The highest BCUT2D eigenvalue weighted by Gasteiger charge is 2.42. The number of ether oxygens (including phenoxy) is 1. The van der Waals surface area contributed by atoms with Crippen LogP contribution in [0.4, 0.5) is 0 Å². The zero-order valence-corrected chi connectivity index (χ0v) is 12.5. The molecule has 0 radical (unpaired) electrons. The zero-order chi connectivity index (χ0) is 14.8. The molecule has 6 nitrogen and oxygen atoms in total. The molecule has 1 fully saturated rings. The summed E-state index contributed by atoms with van der Waals surface area (Å²) in [7, 11) is 0. The third-order valence-corrected chi connectivity index (χ3v) is 4.25. The van der Waals surface area contributed by atoms with Crippen LogP contribution in [0.5, 0.6) is 0 Å². The van der Waals surface area contributed by atoms with Gasteiger partial charge in [-0.05, 0) is 26.7 Å². The number of aryl methyl sites for hydroxylation is 2. The molecule has 1 aromatic heterocycles. The third-order valence-electron chi connectivity index (χ3n) is 3.86. The molecule has 7 heteroatoms. The number of hydrogen-bond acceptors (Lipinski definition) is 5. The molecule has 0 aromatic carbocycles. The summed E-state index contributed by atoms with van der Waals surface area (Å²) in [5.41, 5.74) is 6.67. The van der Waals surface area contributed by atoms with E-state index < -0.39 is 5.41 Å². The fraction of sp³-hybridized carbons (Fsp3) is 0.615. The molecule has 3 N–H and O–H groups in total. The van der Waals surface area contributed by atoms with Gasteiger partial charge in [-0.3, -0.25) is 4.79 Å². The van der Waals surface area contributed by atoms with E-state index in [1.54, 1.807) is 0 Å². The summed E-state index contributed by atoms with van der Waals surface area (Å²) in [6, 6.07) is 0. The lowest BCUT2D eigenvalue weighted by Crippen LogP contribution is -2.51. The quantitative estimate of drug-likeness (QED) is 0.806. The minimum atomic E-state index is -0.799. The molecule has 0 aliphatic carbocycles. The lowest BCUT2D eigenvalue weighted by atomic mass is 9.79. The van der Waals surface area contributed by atoms with Gasteiger partial charge in [-0.1, -0.05) is 17.4 Å². The number of nitrogens with one attached hydrogen (secondary N) is 1. The SMILES string of the molecule is Cc1noc(C)c1CNC(=O)C1(C(N)=S)CCOCC1. The summed E-state index contributed by atoms with van der Waals surface area (Å²) in [6.07, 6.45) is 1.05. The Morgan fingerprint density at radius 1 is 1.45 bits per heavy atom. The number of rotatable bonds is 4. The van der Waals surface area contributed by atoms with Crippen molar-refractivity contribution in [2.24, 2.45) is 11.1 Å². The lowest BCUT2D eigenvalue weighted by Gasteiger charge is -2.34. The molecule has 1 amide bonds. The van der Waals surface area contributed by atoms with Gasteiger partial charge in [0.1, 0.15) is 11.2 Å². The number of nitrogens with two attached hydrogens (primary N) is 1. The summed E-state index contributed by atoms with van der Waals surface area (Å²) in [5.74, 6) is 0.562. The number of aromatic nitrogens is 1. The molecule has 0 saturated carbocycles. The van der Waals surface area contributed by atoms with Crippen LogP contribution in [0, 0.1) is 19.3 Å². The predicted molar refractivity (Wildman–Crippen MR) is 77.1 cm³/mol. The van der Waals surface area contributed by atoms with Gasteiger partial charge in [0.25, 0.3) is 0 Å². The van der Waals surface area contributed by atoms with Gasteiger partial charge in [0.05, 0.1) is 10.7 Å². The van der Waals surface area contributed by atoms with E-state index in [0.717, 1.165) is 11.3 Å². The van der Waals surface area contributed by atoms with Crippen LogP contribution in [0.1, 0.15) is 29.9 Å². The van der Waals surface area contributed by atoms with Crippen LogP contribution in [-0.2, 0) is 16.1 Å². The average molecular weight is 297 g/mol. The maximum Gasteiger partial charge on any atom is 0.233 e. The molecule has 2 heterocycles. The highest BCUT2D eigenvalue weighted by molar-refractivity contribution is 7.80. The van der Waals surface area contributed by atoms with E-state index in [2.05, 4.69) is 10.5 Å². The minimum absolute atomic E-state index is 0.145. The smallest absolute Gasteiger partial charge is 0.233 e. The second kappa shape index (κ2) is 5.88. The van der Waals surface area contributed by atoms with Gasteiger partial charge in [-0.15, -0.1) is 0 Å². The van der Waals surface area contributed by atoms with Crippen LogP contribution in [-0.4, -0.2) is 29.3 Å². The molecule has 1 aliphatic heterocycles. The second-order valence-corrected chi connectivity index (χ2v) is 5.48. The molecule has 0 spiro atoms. The molecule has 20 heavy (non-hydrogen) atoms. The van der Waals surface area contributed by atoms with Crippen molar-refractivity contribution < 1.29 is 14.1 Å². The van der Waals surface area contributed by atoms with Crippen LogP contribution in [0.15, 0.2) is 4.52 Å². The summed E-state index contributed by atoms with van der Waals surface area (Å²) in [4.78, 5) is 12.7. The maximum absolute atomic E-state index is 12.5. The summed E-state index contributed by atoms with van der Waals surface area (Å²) in [5, 5.41) is 6.76. The van der Waals surface area contributed by atoms with Crippen LogP contribution in [0.2, 0.25) is 0 Å². The molecular formula is C13H19N3O3S. The summed E-state index contributed by atoms with van der Waals surface area (Å²) < 4.78 is 10.4. The summed E-state index contributed by atoms with van der Waals surface area (Å²) in [6.45, 7) is 5.02. The Balaban J connectivity index is 2.08. The number of carbonyl (C=O) groups excluding carboxylic acids is 1. The van der Waals surface area contributed by atoms with E-state index in [4.69, 9.17) is 27.2 Å². The van der Waals surface area contributed by atoms with E-state index in [0.29, 0.717) is 38.4 Å². The van der Waals surface area contributed by atoms with E-state index in [9.17, 15) is 4.79 Å². The third kappa shape index (κ3) is 2.69. The Bertz CT molecular complexity index is 501. The molecule has 0 bridgehead atoms. The van der Waals surface area contributed by atoms with Crippen molar-refractivity contribution in [3.8, 4) is 0 Å². The minimum Gasteiger partial charge on any atom is -0.392 e. The topological polar surface area (TPSA) is 90.4 Å². The second-order valence-electron chi connectivity index (χ2n) is 5.04. The predicted octanol–water partition coefficient (Wildman–Crippen LogP) is 0.991. The first-order chi connectivity index (χ1) is 9.47. The molecule has 1 aliphatic rings. The molecule has 110 valence electrons. The van der Waals surface area contributed by atoms with E-state index in [-0.39, 0.29) is 10.9 Å². The molecule has 0 atom stereocenters. The van der Waals surface area contributed by atoms with Crippen LogP contribution >= 0.6 is 12.2 Å². The Morgan fingerprint density at radius 2 is 2.10 bits per heavy atom. The van der Waals surface area contributed by atoms with Crippen molar-refractivity contribution >= 4 is 23.1 Å². The van der Waals surface area contributed by atoms with E-state index >= 15 is 0 Å². The van der Waals surface area contributed by atoms with Gasteiger partial charge in [0.2, 0.25) is 5.91 Å². The summed E-state index contributed by atoms with van der Waals surface area (Å²) >= 11 is 5.10. The van der Waals surface area contributed by atoms with Crippen molar-refractivity contribution in [1.82, 2.24) is 10.5 Å². The van der Waals surface area contributed by atoms with Gasteiger partial charge in [-0.25, -0.2) is 0 Å². The molecular weight excluding hydrogens is 278 g/mol.